The van der Waals surface area contributed by atoms with Crippen LogP contribution in [0.4, 0.5) is 13.2 Å². The van der Waals surface area contributed by atoms with Gasteiger partial charge < -0.3 is 20.7 Å². The summed E-state index contributed by atoms with van der Waals surface area (Å²) in [7, 11) is 0. The zero-order valence-corrected chi connectivity index (χ0v) is 9.00. The molecule has 0 aliphatic carbocycles. The molecule has 17 heavy (non-hydrogen) atoms. The Labute approximate surface area is 95.7 Å². The Morgan fingerprint density at radius 3 is 2.12 bits per heavy atom. The zero-order valence-electron chi connectivity index (χ0n) is 9.00. The molecule has 4 N–H and O–H groups in total. The van der Waals surface area contributed by atoms with E-state index in [1.165, 1.54) is 0 Å². The first kappa shape index (κ1) is 17.8. The quantitative estimate of drug-likeness (QED) is 0.637. The van der Waals surface area contributed by atoms with Gasteiger partial charge >= 0.3 is 12.1 Å². The molecule has 0 saturated heterocycles. The Kier molecular flexibility index (Phi) is 8.98. The van der Waals surface area contributed by atoms with E-state index in [9.17, 15) is 18.0 Å². The third-order valence-electron chi connectivity index (χ3n) is 1.53. The minimum Gasteiger partial charge on any atom is -0.542 e. The highest BCUT2D eigenvalue weighted by Crippen LogP contribution is 2.11. The predicted octanol–water partition coefficient (Wildman–Crippen LogP) is -0.664. The van der Waals surface area contributed by atoms with Gasteiger partial charge in [0.1, 0.15) is 12.0 Å². The van der Waals surface area contributed by atoms with Gasteiger partial charge in [-0.3, -0.25) is 4.79 Å². The van der Waals surface area contributed by atoms with Crippen LogP contribution in [-0.4, -0.2) is 29.3 Å². The van der Waals surface area contributed by atoms with Gasteiger partial charge in [0.15, 0.2) is 0 Å². The van der Waals surface area contributed by atoms with Crippen molar-refractivity contribution < 1.29 is 38.7 Å². The number of hydrogen-bond acceptors (Lipinski definition) is 3. The van der Waals surface area contributed by atoms with E-state index in [0.717, 1.165) is 6.42 Å². The van der Waals surface area contributed by atoms with Crippen LogP contribution in [0.2, 0.25) is 0 Å². The molecule has 100 valence electrons. The number of carbonyl (C=O) groups is 2. The average molecular weight is 257 g/mol. The first-order valence-corrected chi connectivity index (χ1v) is 4.56. The molecule has 0 saturated carbocycles. The molecule has 0 amide bonds. The summed E-state index contributed by atoms with van der Waals surface area (Å²) in [6, 6.07) is 0.194. The minimum absolute atomic E-state index is 0.194. The zero-order chi connectivity index (χ0) is 14.1. The highest BCUT2D eigenvalue weighted by atomic mass is 19.4. The maximum Gasteiger partial charge on any atom is 0.430 e. The number of halogens is 3. The van der Waals surface area contributed by atoms with E-state index < -0.39 is 18.1 Å². The summed E-state index contributed by atoms with van der Waals surface area (Å²) < 4.78 is 31.5. The van der Waals surface area contributed by atoms with Crippen LogP contribution in [0.25, 0.3) is 0 Å². The van der Waals surface area contributed by atoms with Gasteiger partial charge in [0.05, 0.1) is 0 Å². The maximum atomic E-state index is 10.5. The fourth-order valence-corrected chi connectivity index (χ4v) is 0.633. The normalized spacial score (nSPS) is 12.0. The molecule has 5 nitrogen and oxygen atoms in total. The second-order valence-electron chi connectivity index (χ2n) is 3.07. The Hall–Kier alpha value is -1.57. The van der Waals surface area contributed by atoms with E-state index in [1.54, 1.807) is 6.08 Å². The molecule has 0 radical (unpaired) electrons. The van der Waals surface area contributed by atoms with Gasteiger partial charge in [-0.1, -0.05) is 6.58 Å². The monoisotopic (exact) mass is 257 g/mol. The number of alkyl halides is 3. The Bertz CT molecular complexity index is 265. The molecule has 0 spiro atoms. The molecular weight excluding hydrogens is 243 g/mol. The molecule has 0 aliphatic heterocycles. The number of carboxylic acid groups (broad SMARTS) is 2. The summed E-state index contributed by atoms with van der Waals surface area (Å²) in [5, 5.41) is 17.0. The lowest BCUT2D eigenvalue weighted by molar-refractivity contribution is -0.404. The van der Waals surface area contributed by atoms with Crippen LogP contribution in [0.15, 0.2) is 12.7 Å². The maximum absolute atomic E-state index is 10.5. The van der Waals surface area contributed by atoms with Gasteiger partial charge in [0.2, 0.25) is 0 Å². The summed E-state index contributed by atoms with van der Waals surface area (Å²) in [6.07, 6.45) is -1.72. The number of carboxylic acids is 2. The number of hydrogen-bond donors (Lipinski definition) is 2. The number of carbonyl (C=O) groups excluding carboxylic acids is 1. The molecule has 0 aromatic rings. The van der Waals surface area contributed by atoms with Crippen molar-refractivity contribution in [1.82, 2.24) is 0 Å². The summed E-state index contributed by atoms with van der Waals surface area (Å²) in [5.74, 6) is -3.75. The van der Waals surface area contributed by atoms with E-state index in [4.69, 9.17) is 15.0 Å². The van der Waals surface area contributed by atoms with Crippen molar-refractivity contribution >= 4 is 11.9 Å². The van der Waals surface area contributed by atoms with Crippen LogP contribution in [0, 0.1) is 0 Å². The topological polar surface area (TPSA) is 105 Å². The molecule has 0 fully saturated rings. The van der Waals surface area contributed by atoms with Gasteiger partial charge in [0, 0.05) is 12.8 Å². The van der Waals surface area contributed by atoms with E-state index in [2.05, 4.69) is 12.3 Å². The molecule has 0 aromatic carbocycles. The Balaban J connectivity index is 0. The van der Waals surface area contributed by atoms with Crippen molar-refractivity contribution in [2.75, 3.05) is 0 Å². The summed E-state index contributed by atoms with van der Waals surface area (Å²) >= 11 is 0. The third-order valence-corrected chi connectivity index (χ3v) is 1.53. The smallest absolute Gasteiger partial charge is 0.430 e. The van der Waals surface area contributed by atoms with Crippen molar-refractivity contribution in [2.24, 2.45) is 0 Å². The van der Waals surface area contributed by atoms with E-state index in [1.807, 2.05) is 0 Å². The second-order valence-corrected chi connectivity index (χ2v) is 3.07. The summed E-state index contributed by atoms with van der Waals surface area (Å²) in [6.45, 7) is 3.55. The SMILES string of the molecule is C=CC([NH3+])CCCC(=O)O.O=C([O-])C(F)(F)F. The predicted molar refractivity (Wildman–Crippen MR) is 49.4 cm³/mol. The fourth-order valence-electron chi connectivity index (χ4n) is 0.633. The van der Waals surface area contributed by atoms with Crippen LogP contribution >= 0.6 is 0 Å². The first-order chi connectivity index (χ1) is 7.61. The highest BCUT2D eigenvalue weighted by Gasteiger charge is 2.28. The van der Waals surface area contributed by atoms with Crippen LogP contribution in [0.1, 0.15) is 19.3 Å². The Morgan fingerprint density at radius 2 is 1.88 bits per heavy atom. The van der Waals surface area contributed by atoms with Crippen LogP contribution < -0.4 is 10.8 Å². The third kappa shape index (κ3) is 14.4. The van der Waals surface area contributed by atoms with Crippen LogP contribution in [0.3, 0.4) is 0 Å². The largest absolute Gasteiger partial charge is 0.542 e. The summed E-state index contributed by atoms with van der Waals surface area (Å²) in [4.78, 5) is 18.8. The second kappa shape index (κ2) is 8.57. The summed E-state index contributed by atoms with van der Waals surface area (Å²) in [5.41, 5.74) is 3.74. The molecule has 1 atom stereocenters. The van der Waals surface area contributed by atoms with Crippen molar-refractivity contribution in [2.45, 2.75) is 31.5 Å². The van der Waals surface area contributed by atoms with Gasteiger partial charge in [-0.25, -0.2) is 0 Å². The van der Waals surface area contributed by atoms with Crippen molar-refractivity contribution in [3.05, 3.63) is 12.7 Å². The van der Waals surface area contributed by atoms with Crippen molar-refractivity contribution in [3.63, 3.8) is 0 Å². The van der Waals surface area contributed by atoms with Crippen LogP contribution in [-0.2, 0) is 9.59 Å². The van der Waals surface area contributed by atoms with Gasteiger partial charge in [-0.2, -0.15) is 13.2 Å². The molecule has 1 unspecified atom stereocenters. The molecule has 8 heteroatoms. The van der Waals surface area contributed by atoms with Gasteiger partial charge in [0.25, 0.3) is 0 Å². The van der Waals surface area contributed by atoms with Gasteiger partial charge in [-0.05, 0) is 12.5 Å². The lowest BCUT2D eigenvalue weighted by Gasteiger charge is -2.03. The van der Waals surface area contributed by atoms with E-state index in [-0.39, 0.29) is 12.5 Å². The highest BCUT2D eigenvalue weighted by molar-refractivity contribution is 5.70. The van der Waals surface area contributed by atoms with Crippen molar-refractivity contribution in [1.29, 1.82) is 0 Å². The molecule has 0 aromatic heterocycles. The molecule has 0 aliphatic rings. The molecule has 0 heterocycles. The van der Waals surface area contributed by atoms with Crippen LogP contribution in [0.5, 0.6) is 0 Å². The number of quaternary nitrogens is 1. The standard InChI is InChI=1S/C7H13NO2.C2HF3O2/c1-2-6(8)4-3-5-7(9)10;3-2(4,5)1(6)7/h2,6H,1,3-5,8H2,(H,9,10);(H,6,7). The van der Waals surface area contributed by atoms with E-state index >= 15 is 0 Å². The van der Waals surface area contributed by atoms with Gasteiger partial charge in [-0.15, -0.1) is 0 Å². The van der Waals surface area contributed by atoms with Crippen molar-refractivity contribution in [3.8, 4) is 0 Å². The molecule has 0 bridgehead atoms. The average Bonchev–Trinajstić information content (AvgIpc) is 2.16. The molecular formula is C9H14F3NO4. The Morgan fingerprint density at radius 1 is 1.47 bits per heavy atom. The lowest BCUT2D eigenvalue weighted by atomic mass is 10.1. The lowest BCUT2D eigenvalue weighted by Crippen LogP contribution is -2.59. The fraction of sp³-hybridized carbons (Fsp3) is 0.556. The van der Waals surface area contributed by atoms with E-state index in [0.29, 0.717) is 6.42 Å². The minimum atomic E-state index is -5.19. The first-order valence-electron chi connectivity index (χ1n) is 4.56. The number of rotatable bonds is 5. The molecule has 0 rings (SSSR count). The number of aliphatic carboxylic acids is 2.